The van der Waals surface area contributed by atoms with Crippen LogP contribution in [-0.4, -0.2) is 42.1 Å². The Morgan fingerprint density at radius 1 is 1.14 bits per heavy atom. The number of pyridine rings is 1. The van der Waals surface area contributed by atoms with Gasteiger partial charge in [0.2, 0.25) is 0 Å². The van der Waals surface area contributed by atoms with E-state index in [2.05, 4.69) is 34.4 Å². The van der Waals surface area contributed by atoms with Gasteiger partial charge in [0, 0.05) is 25.7 Å². The van der Waals surface area contributed by atoms with E-state index < -0.39 is 0 Å². The summed E-state index contributed by atoms with van der Waals surface area (Å²) in [4.78, 5) is 6.98. The molecule has 0 bridgehead atoms. The third-order valence-corrected chi connectivity index (χ3v) is 4.21. The number of hydrogen-bond acceptors (Lipinski definition) is 4. The summed E-state index contributed by atoms with van der Waals surface area (Å²) in [7, 11) is 0. The smallest absolute Gasteiger partial charge is 0.147 e. The van der Waals surface area contributed by atoms with Crippen LogP contribution < -0.4 is 10.6 Å². The van der Waals surface area contributed by atoms with Crippen molar-refractivity contribution < 1.29 is 0 Å². The summed E-state index contributed by atoms with van der Waals surface area (Å²) in [5.74, 6) is 1.39. The minimum atomic E-state index is 0.562. The minimum absolute atomic E-state index is 0.562. The van der Waals surface area contributed by atoms with E-state index in [0.717, 1.165) is 38.6 Å². The van der Waals surface area contributed by atoms with Gasteiger partial charge in [0.05, 0.1) is 10.0 Å². The number of halogens is 2. The van der Waals surface area contributed by atoms with Crippen molar-refractivity contribution in [2.45, 2.75) is 39.2 Å². The van der Waals surface area contributed by atoms with Gasteiger partial charge in [0.25, 0.3) is 0 Å². The van der Waals surface area contributed by atoms with Crippen LogP contribution in [0.1, 0.15) is 33.1 Å². The molecule has 2 N–H and O–H groups in total. The van der Waals surface area contributed by atoms with Crippen molar-refractivity contribution in [1.82, 2.24) is 9.88 Å². The first-order valence-electron chi connectivity index (χ1n) is 7.73. The summed E-state index contributed by atoms with van der Waals surface area (Å²) in [6.45, 7) is 8.10. The van der Waals surface area contributed by atoms with Gasteiger partial charge in [0.1, 0.15) is 11.6 Å². The largest absolute Gasteiger partial charge is 0.369 e. The summed E-state index contributed by atoms with van der Waals surface area (Å²) in [5, 5.41) is 7.67. The standard InChI is InChI=1S/C15H24Cl2N4/c1-3-7-18-14-12(16)10-13(17)15(20-14)19-8-9-21(4-2)11-5-6-11/h10-11H,3-9H2,1-2H3,(H2,18,19,20). The number of likely N-dealkylation sites (N-methyl/N-ethyl adjacent to an activating group) is 1. The SMILES string of the molecule is CCCNc1nc(NCCN(CC)C2CC2)c(Cl)cc1Cl. The first kappa shape index (κ1) is 16.7. The zero-order valence-corrected chi connectivity index (χ0v) is 14.3. The maximum Gasteiger partial charge on any atom is 0.147 e. The Labute approximate surface area is 137 Å². The highest BCUT2D eigenvalue weighted by atomic mass is 35.5. The van der Waals surface area contributed by atoms with E-state index in [1.54, 1.807) is 6.07 Å². The fraction of sp³-hybridized carbons (Fsp3) is 0.667. The molecule has 1 aliphatic carbocycles. The molecule has 0 radical (unpaired) electrons. The molecule has 0 amide bonds. The van der Waals surface area contributed by atoms with Crippen LogP contribution in [0.3, 0.4) is 0 Å². The predicted molar refractivity (Wildman–Crippen MR) is 91.8 cm³/mol. The lowest BCUT2D eigenvalue weighted by molar-refractivity contribution is 0.289. The molecule has 4 nitrogen and oxygen atoms in total. The average Bonchev–Trinajstić information content (AvgIpc) is 3.29. The molecule has 0 aromatic carbocycles. The van der Waals surface area contributed by atoms with Crippen molar-refractivity contribution in [1.29, 1.82) is 0 Å². The third kappa shape index (κ3) is 4.90. The van der Waals surface area contributed by atoms with E-state index in [1.165, 1.54) is 12.8 Å². The summed E-state index contributed by atoms with van der Waals surface area (Å²) >= 11 is 12.4. The zero-order valence-electron chi connectivity index (χ0n) is 12.8. The van der Waals surface area contributed by atoms with Gasteiger partial charge in [0.15, 0.2) is 0 Å². The maximum atomic E-state index is 6.21. The summed E-state index contributed by atoms with van der Waals surface area (Å²) < 4.78 is 0. The molecule has 0 spiro atoms. The fourth-order valence-electron chi connectivity index (χ4n) is 2.31. The fourth-order valence-corrected chi connectivity index (χ4v) is 2.81. The summed E-state index contributed by atoms with van der Waals surface area (Å²) in [5.41, 5.74) is 0. The summed E-state index contributed by atoms with van der Waals surface area (Å²) in [6, 6.07) is 2.53. The Balaban J connectivity index is 1.91. The molecule has 1 aliphatic rings. The predicted octanol–water partition coefficient (Wildman–Crippen LogP) is 4.11. The Morgan fingerprint density at radius 2 is 1.76 bits per heavy atom. The quantitative estimate of drug-likeness (QED) is 0.714. The van der Waals surface area contributed by atoms with Crippen LogP contribution in [0.15, 0.2) is 6.07 Å². The van der Waals surface area contributed by atoms with Crippen LogP contribution in [0.4, 0.5) is 11.6 Å². The molecule has 0 aliphatic heterocycles. The second kappa shape index (κ2) is 8.06. The second-order valence-corrected chi connectivity index (χ2v) is 6.18. The number of rotatable bonds is 9. The van der Waals surface area contributed by atoms with Gasteiger partial charge in [-0.2, -0.15) is 0 Å². The molecular formula is C15H24Cl2N4. The van der Waals surface area contributed by atoms with Gasteiger partial charge in [-0.15, -0.1) is 0 Å². The molecule has 2 rings (SSSR count). The highest BCUT2D eigenvalue weighted by Gasteiger charge is 2.27. The number of hydrogen-bond donors (Lipinski definition) is 2. The monoisotopic (exact) mass is 330 g/mol. The lowest BCUT2D eigenvalue weighted by atomic mass is 10.4. The molecule has 1 heterocycles. The molecule has 1 fully saturated rings. The molecule has 0 saturated heterocycles. The van der Waals surface area contributed by atoms with Gasteiger partial charge in [-0.3, -0.25) is 4.90 Å². The Kier molecular flexibility index (Phi) is 6.40. The molecule has 6 heteroatoms. The van der Waals surface area contributed by atoms with Crippen LogP contribution in [-0.2, 0) is 0 Å². The second-order valence-electron chi connectivity index (χ2n) is 5.36. The van der Waals surface area contributed by atoms with Crippen LogP contribution in [0, 0.1) is 0 Å². The normalized spacial score (nSPS) is 14.5. The minimum Gasteiger partial charge on any atom is -0.369 e. The number of anilines is 2. The van der Waals surface area contributed by atoms with Crippen molar-refractivity contribution in [2.75, 3.05) is 36.8 Å². The van der Waals surface area contributed by atoms with E-state index >= 15 is 0 Å². The molecule has 21 heavy (non-hydrogen) atoms. The zero-order chi connectivity index (χ0) is 15.2. The lowest BCUT2D eigenvalue weighted by Gasteiger charge is -2.20. The first-order chi connectivity index (χ1) is 10.2. The number of nitrogens with one attached hydrogen (secondary N) is 2. The topological polar surface area (TPSA) is 40.2 Å². The van der Waals surface area contributed by atoms with Gasteiger partial charge >= 0.3 is 0 Å². The molecule has 0 unspecified atom stereocenters. The summed E-state index contributed by atoms with van der Waals surface area (Å²) in [6.07, 6.45) is 3.69. The van der Waals surface area contributed by atoms with Gasteiger partial charge < -0.3 is 10.6 Å². The van der Waals surface area contributed by atoms with Crippen molar-refractivity contribution >= 4 is 34.8 Å². The van der Waals surface area contributed by atoms with E-state index in [1.807, 2.05) is 0 Å². The van der Waals surface area contributed by atoms with Crippen LogP contribution in [0.5, 0.6) is 0 Å². The van der Waals surface area contributed by atoms with E-state index in [9.17, 15) is 0 Å². The van der Waals surface area contributed by atoms with Crippen molar-refractivity contribution in [2.24, 2.45) is 0 Å². The Morgan fingerprint density at radius 3 is 2.29 bits per heavy atom. The van der Waals surface area contributed by atoms with Crippen molar-refractivity contribution in [3.8, 4) is 0 Å². The van der Waals surface area contributed by atoms with Crippen molar-refractivity contribution in [3.05, 3.63) is 16.1 Å². The number of aromatic nitrogens is 1. The Bertz CT molecular complexity index is 463. The average molecular weight is 331 g/mol. The maximum absolute atomic E-state index is 6.21. The highest BCUT2D eigenvalue weighted by Crippen LogP contribution is 2.29. The molecule has 1 aromatic heterocycles. The van der Waals surface area contributed by atoms with E-state index in [-0.39, 0.29) is 0 Å². The molecule has 0 atom stereocenters. The van der Waals surface area contributed by atoms with Crippen molar-refractivity contribution in [3.63, 3.8) is 0 Å². The molecular weight excluding hydrogens is 307 g/mol. The molecule has 1 saturated carbocycles. The lowest BCUT2D eigenvalue weighted by Crippen LogP contribution is -2.31. The molecule has 1 aromatic rings. The van der Waals surface area contributed by atoms with Crippen LogP contribution in [0.25, 0.3) is 0 Å². The molecule has 118 valence electrons. The Hall–Kier alpha value is -0.710. The van der Waals surface area contributed by atoms with E-state index in [4.69, 9.17) is 23.2 Å². The highest BCUT2D eigenvalue weighted by molar-refractivity contribution is 6.37. The van der Waals surface area contributed by atoms with Gasteiger partial charge in [-0.05, 0) is 31.9 Å². The van der Waals surface area contributed by atoms with E-state index in [0.29, 0.717) is 21.7 Å². The van der Waals surface area contributed by atoms with Gasteiger partial charge in [-0.1, -0.05) is 37.0 Å². The number of nitrogens with zero attached hydrogens (tertiary/aromatic N) is 2. The van der Waals surface area contributed by atoms with Crippen LogP contribution >= 0.6 is 23.2 Å². The van der Waals surface area contributed by atoms with Crippen LogP contribution in [0.2, 0.25) is 10.0 Å². The van der Waals surface area contributed by atoms with Gasteiger partial charge in [-0.25, -0.2) is 4.98 Å². The third-order valence-electron chi connectivity index (χ3n) is 3.63. The first-order valence-corrected chi connectivity index (χ1v) is 8.49.